The van der Waals surface area contributed by atoms with Crippen molar-refractivity contribution in [1.29, 1.82) is 0 Å². The zero-order chi connectivity index (χ0) is 13.8. The molecule has 0 fully saturated rings. The molecule has 1 aromatic heterocycles. The number of hydrazine groups is 1. The highest BCUT2D eigenvalue weighted by Crippen LogP contribution is 2.25. The number of hydrogen-bond donors (Lipinski definition) is 2. The van der Waals surface area contributed by atoms with Crippen LogP contribution in [-0.2, 0) is 0 Å². The van der Waals surface area contributed by atoms with E-state index in [1.807, 2.05) is 35.7 Å². The minimum atomic E-state index is -0.243. The largest absolute Gasteiger partial charge is 0.299 e. The highest BCUT2D eigenvalue weighted by molar-refractivity contribution is 7.14. The van der Waals surface area contributed by atoms with Gasteiger partial charge < -0.3 is 0 Å². The first-order valence-corrected chi connectivity index (χ1v) is 6.98. The summed E-state index contributed by atoms with van der Waals surface area (Å²) >= 11 is 1.49. The van der Waals surface area contributed by atoms with Gasteiger partial charge in [-0.2, -0.15) is 0 Å². The summed E-state index contributed by atoms with van der Waals surface area (Å²) in [5.74, 6) is -0.243. The number of hydrogen-bond acceptors (Lipinski definition) is 4. The molecule has 0 saturated heterocycles. The first-order chi connectivity index (χ1) is 9.81. The number of nitrogens with one attached hydrogen (secondary N) is 2. The van der Waals surface area contributed by atoms with Gasteiger partial charge in [0.05, 0.1) is 11.4 Å². The summed E-state index contributed by atoms with van der Waals surface area (Å²) in [6.07, 6.45) is 0. The molecule has 100 valence electrons. The Bertz CT molecular complexity index is 680. The van der Waals surface area contributed by atoms with Gasteiger partial charge in [0.15, 0.2) is 0 Å². The van der Waals surface area contributed by atoms with Gasteiger partial charge in [0, 0.05) is 10.9 Å². The first-order valence-electron chi connectivity index (χ1n) is 6.10. The number of aromatic nitrogens is 1. The van der Waals surface area contributed by atoms with Crippen molar-refractivity contribution in [2.75, 3.05) is 10.9 Å². The Morgan fingerprint density at radius 2 is 1.65 bits per heavy atom. The van der Waals surface area contributed by atoms with Gasteiger partial charge in [-0.15, -0.1) is 11.3 Å². The van der Waals surface area contributed by atoms with E-state index in [0.717, 1.165) is 22.1 Å². The fourth-order valence-corrected chi connectivity index (χ4v) is 2.40. The van der Waals surface area contributed by atoms with Crippen molar-refractivity contribution >= 4 is 22.2 Å². The maximum absolute atomic E-state index is 12.9. The molecular weight excluding hydrogens is 273 g/mol. The maximum Gasteiger partial charge on any atom is 0.202 e. The quantitative estimate of drug-likeness (QED) is 0.698. The second-order valence-electron chi connectivity index (χ2n) is 4.16. The summed E-state index contributed by atoms with van der Waals surface area (Å²) in [5.41, 5.74) is 8.81. The van der Waals surface area contributed by atoms with Gasteiger partial charge >= 0.3 is 0 Å². The molecule has 0 bridgehead atoms. The van der Waals surface area contributed by atoms with Gasteiger partial charge in [-0.05, 0) is 36.4 Å². The minimum Gasteiger partial charge on any atom is -0.299 e. The average molecular weight is 285 g/mol. The lowest BCUT2D eigenvalue weighted by atomic mass is 10.2. The lowest BCUT2D eigenvalue weighted by Crippen LogP contribution is -2.07. The summed E-state index contributed by atoms with van der Waals surface area (Å²) in [4.78, 5) is 4.45. The fraction of sp³-hybridized carbons (Fsp3) is 0. The second kappa shape index (κ2) is 5.71. The number of benzene rings is 2. The molecule has 3 aromatic rings. The summed E-state index contributed by atoms with van der Waals surface area (Å²) in [6.45, 7) is 0. The van der Waals surface area contributed by atoms with Crippen LogP contribution in [0.15, 0.2) is 60.0 Å². The maximum atomic E-state index is 12.9. The summed E-state index contributed by atoms with van der Waals surface area (Å²) in [5, 5.41) is 2.69. The fourth-order valence-electron chi connectivity index (χ4n) is 1.73. The van der Waals surface area contributed by atoms with E-state index in [9.17, 15) is 4.39 Å². The Hall–Kier alpha value is -2.40. The van der Waals surface area contributed by atoms with E-state index >= 15 is 0 Å². The SMILES string of the molecule is Fc1ccc(-c2csc(NNc3ccccc3)n2)cc1. The lowest BCUT2D eigenvalue weighted by Gasteiger charge is -2.05. The third kappa shape index (κ3) is 2.95. The number of anilines is 2. The molecule has 1 heterocycles. The molecule has 0 aliphatic heterocycles. The molecule has 0 aliphatic carbocycles. The van der Waals surface area contributed by atoms with Crippen molar-refractivity contribution in [3.8, 4) is 11.3 Å². The highest BCUT2D eigenvalue weighted by Gasteiger charge is 2.04. The molecule has 2 N–H and O–H groups in total. The molecule has 0 amide bonds. The zero-order valence-corrected chi connectivity index (χ0v) is 11.3. The Balaban J connectivity index is 1.69. The van der Waals surface area contributed by atoms with Gasteiger partial charge in [0.1, 0.15) is 5.82 Å². The van der Waals surface area contributed by atoms with E-state index in [2.05, 4.69) is 15.8 Å². The molecule has 3 nitrogen and oxygen atoms in total. The van der Waals surface area contributed by atoms with E-state index in [1.54, 1.807) is 12.1 Å². The average Bonchev–Trinajstić information content (AvgIpc) is 2.96. The molecule has 0 atom stereocenters. The monoisotopic (exact) mass is 285 g/mol. The zero-order valence-electron chi connectivity index (χ0n) is 10.5. The van der Waals surface area contributed by atoms with Crippen LogP contribution in [0.3, 0.4) is 0 Å². The summed E-state index contributed by atoms with van der Waals surface area (Å²) < 4.78 is 12.9. The molecule has 0 aliphatic rings. The Labute approximate surface area is 120 Å². The second-order valence-corrected chi connectivity index (χ2v) is 5.02. The van der Waals surface area contributed by atoms with Crippen molar-refractivity contribution in [2.24, 2.45) is 0 Å². The topological polar surface area (TPSA) is 37.0 Å². The van der Waals surface area contributed by atoms with Crippen molar-refractivity contribution in [2.45, 2.75) is 0 Å². The number of rotatable bonds is 4. The molecule has 20 heavy (non-hydrogen) atoms. The Kier molecular flexibility index (Phi) is 3.60. The van der Waals surface area contributed by atoms with Crippen molar-refractivity contribution in [3.05, 3.63) is 65.8 Å². The van der Waals surface area contributed by atoms with E-state index in [1.165, 1.54) is 23.5 Å². The lowest BCUT2D eigenvalue weighted by molar-refractivity contribution is 0.628. The predicted octanol–water partition coefficient (Wildman–Crippen LogP) is 4.39. The third-order valence-electron chi connectivity index (χ3n) is 2.73. The Morgan fingerprint density at radius 1 is 0.900 bits per heavy atom. The van der Waals surface area contributed by atoms with Crippen LogP contribution in [0, 0.1) is 5.82 Å². The van der Waals surface area contributed by atoms with Crippen LogP contribution in [0.2, 0.25) is 0 Å². The van der Waals surface area contributed by atoms with Crippen LogP contribution in [0.1, 0.15) is 0 Å². The van der Waals surface area contributed by atoms with Crippen LogP contribution in [0.4, 0.5) is 15.2 Å². The van der Waals surface area contributed by atoms with Crippen molar-refractivity contribution in [3.63, 3.8) is 0 Å². The molecule has 5 heteroatoms. The summed E-state index contributed by atoms with van der Waals surface area (Å²) in [6, 6.07) is 16.1. The Morgan fingerprint density at radius 3 is 2.40 bits per heavy atom. The van der Waals surface area contributed by atoms with Crippen molar-refractivity contribution in [1.82, 2.24) is 4.98 Å². The van der Waals surface area contributed by atoms with E-state index in [0.29, 0.717) is 0 Å². The minimum absolute atomic E-state index is 0.243. The molecule has 0 radical (unpaired) electrons. The molecular formula is C15H12FN3S. The van der Waals surface area contributed by atoms with Crippen LogP contribution in [0.5, 0.6) is 0 Å². The number of nitrogens with zero attached hydrogens (tertiary/aromatic N) is 1. The standard InChI is InChI=1S/C15H12FN3S/c16-12-8-6-11(7-9-12)14-10-20-15(17-14)19-18-13-4-2-1-3-5-13/h1-10,18H,(H,17,19). The third-order valence-corrected chi connectivity index (χ3v) is 3.49. The van der Waals surface area contributed by atoms with Crippen LogP contribution >= 0.6 is 11.3 Å². The summed E-state index contributed by atoms with van der Waals surface area (Å²) in [7, 11) is 0. The van der Waals surface area contributed by atoms with E-state index in [-0.39, 0.29) is 5.82 Å². The molecule has 0 saturated carbocycles. The number of para-hydroxylation sites is 1. The van der Waals surface area contributed by atoms with E-state index in [4.69, 9.17) is 0 Å². The number of thiazole rings is 1. The van der Waals surface area contributed by atoms with Gasteiger partial charge in [-0.25, -0.2) is 9.37 Å². The predicted molar refractivity (Wildman–Crippen MR) is 81.2 cm³/mol. The van der Waals surface area contributed by atoms with Gasteiger partial charge in [0.25, 0.3) is 0 Å². The van der Waals surface area contributed by atoms with Gasteiger partial charge in [-0.1, -0.05) is 18.2 Å². The van der Waals surface area contributed by atoms with Crippen LogP contribution < -0.4 is 10.9 Å². The van der Waals surface area contributed by atoms with Gasteiger partial charge in [-0.3, -0.25) is 10.9 Å². The molecule has 0 spiro atoms. The van der Waals surface area contributed by atoms with Gasteiger partial charge in [0.2, 0.25) is 5.13 Å². The molecule has 0 unspecified atom stereocenters. The van der Waals surface area contributed by atoms with Crippen molar-refractivity contribution < 1.29 is 4.39 Å². The van der Waals surface area contributed by atoms with Crippen LogP contribution in [0.25, 0.3) is 11.3 Å². The molecule has 3 rings (SSSR count). The number of halogens is 1. The normalized spacial score (nSPS) is 10.2. The smallest absolute Gasteiger partial charge is 0.202 e. The molecule has 2 aromatic carbocycles. The van der Waals surface area contributed by atoms with Crippen LogP contribution in [-0.4, -0.2) is 4.98 Å². The first kappa shape index (κ1) is 12.6. The van der Waals surface area contributed by atoms with E-state index < -0.39 is 0 Å². The highest BCUT2D eigenvalue weighted by atomic mass is 32.1.